The molecule has 0 aliphatic rings. The summed E-state index contributed by atoms with van der Waals surface area (Å²) < 4.78 is 2.33. The highest BCUT2D eigenvalue weighted by Crippen LogP contribution is 2.21. The van der Waals surface area contributed by atoms with Crippen LogP contribution in [0.3, 0.4) is 0 Å². The van der Waals surface area contributed by atoms with Crippen LogP contribution in [-0.4, -0.2) is 26.9 Å². The fourth-order valence-corrected chi connectivity index (χ4v) is 2.58. The summed E-state index contributed by atoms with van der Waals surface area (Å²) in [5.74, 6) is 0.194. The smallest absolute Gasteiger partial charge is 0.261 e. The van der Waals surface area contributed by atoms with Gasteiger partial charge in [0, 0.05) is 6.20 Å². The van der Waals surface area contributed by atoms with E-state index in [0.717, 1.165) is 0 Å². The van der Waals surface area contributed by atoms with Gasteiger partial charge in [-0.15, -0.1) is 16.4 Å². The van der Waals surface area contributed by atoms with Gasteiger partial charge in [-0.2, -0.15) is 0 Å². The van der Waals surface area contributed by atoms with Gasteiger partial charge in [-0.3, -0.25) is 9.48 Å². The zero-order chi connectivity index (χ0) is 13.8. The molecule has 1 amide bonds. The number of aromatic nitrogens is 3. The molecule has 102 valence electrons. The molecule has 2 heterocycles. The molecule has 0 saturated carbocycles. The first-order valence-electron chi connectivity index (χ1n) is 5.96. The lowest BCUT2D eigenvalue weighted by Crippen LogP contribution is -2.41. The molecular weight excluding hydrogens is 284 g/mol. The van der Waals surface area contributed by atoms with E-state index in [9.17, 15) is 4.79 Å². The zero-order valence-corrected chi connectivity index (χ0v) is 12.3. The summed E-state index contributed by atoms with van der Waals surface area (Å²) in [5, 5.41) is 10.7. The van der Waals surface area contributed by atoms with Crippen LogP contribution in [0.15, 0.2) is 24.5 Å². The third kappa shape index (κ3) is 3.78. The van der Waals surface area contributed by atoms with Gasteiger partial charge < -0.3 is 5.32 Å². The fourth-order valence-electron chi connectivity index (χ4n) is 1.63. The van der Waals surface area contributed by atoms with Crippen LogP contribution in [0.5, 0.6) is 0 Å². The van der Waals surface area contributed by atoms with Crippen LogP contribution in [0.1, 0.15) is 23.5 Å². The van der Waals surface area contributed by atoms with E-state index < -0.39 is 0 Å². The number of halogens is 1. The Hall–Kier alpha value is -1.40. The van der Waals surface area contributed by atoms with Gasteiger partial charge in [-0.05, 0) is 18.1 Å². The predicted octanol–water partition coefficient (Wildman–Crippen LogP) is 2.45. The maximum absolute atomic E-state index is 12.1. The van der Waals surface area contributed by atoms with Crippen molar-refractivity contribution >= 4 is 28.8 Å². The van der Waals surface area contributed by atoms with Crippen molar-refractivity contribution in [2.75, 3.05) is 0 Å². The number of rotatable bonds is 5. The van der Waals surface area contributed by atoms with Gasteiger partial charge in [-0.25, -0.2) is 0 Å². The van der Waals surface area contributed by atoms with E-state index >= 15 is 0 Å². The second-order valence-electron chi connectivity index (χ2n) is 4.55. The maximum atomic E-state index is 12.1. The summed E-state index contributed by atoms with van der Waals surface area (Å²) >= 11 is 7.11. The molecule has 19 heavy (non-hydrogen) atoms. The lowest BCUT2D eigenvalue weighted by molar-refractivity contribution is 0.0923. The first kappa shape index (κ1) is 14.0. The summed E-state index contributed by atoms with van der Waals surface area (Å²) in [6, 6.07) is 3.45. The molecule has 0 radical (unpaired) electrons. The van der Waals surface area contributed by atoms with Gasteiger partial charge in [0.15, 0.2) is 0 Å². The Morgan fingerprint density at radius 3 is 2.84 bits per heavy atom. The van der Waals surface area contributed by atoms with E-state index in [1.54, 1.807) is 29.2 Å². The molecule has 2 aromatic heterocycles. The van der Waals surface area contributed by atoms with Crippen molar-refractivity contribution in [3.63, 3.8) is 0 Å². The zero-order valence-electron chi connectivity index (χ0n) is 10.7. The second-order valence-corrected chi connectivity index (χ2v) is 6.27. The molecule has 2 aromatic rings. The van der Waals surface area contributed by atoms with Crippen LogP contribution in [0, 0.1) is 5.92 Å². The summed E-state index contributed by atoms with van der Waals surface area (Å²) in [5.41, 5.74) is 0. The molecule has 1 N–H and O–H groups in total. The van der Waals surface area contributed by atoms with Crippen LogP contribution >= 0.6 is 22.9 Å². The quantitative estimate of drug-likeness (QED) is 0.922. The van der Waals surface area contributed by atoms with Gasteiger partial charge >= 0.3 is 0 Å². The van der Waals surface area contributed by atoms with E-state index in [2.05, 4.69) is 29.5 Å². The van der Waals surface area contributed by atoms with Crippen molar-refractivity contribution in [2.24, 2.45) is 5.92 Å². The Morgan fingerprint density at radius 2 is 2.32 bits per heavy atom. The number of nitrogens with one attached hydrogen (secondary N) is 1. The van der Waals surface area contributed by atoms with Gasteiger partial charge in [0.25, 0.3) is 5.91 Å². The van der Waals surface area contributed by atoms with E-state index in [-0.39, 0.29) is 11.9 Å². The minimum atomic E-state index is -0.101. The van der Waals surface area contributed by atoms with Gasteiger partial charge in [-0.1, -0.05) is 30.7 Å². The average molecular weight is 299 g/mol. The van der Waals surface area contributed by atoms with Crippen LogP contribution < -0.4 is 5.32 Å². The fraction of sp³-hybridized carbons (Fsp3) is 0.417. The minimum absolute atomic E-state index is 0.00456. The van der Waals surface area contributed by atoms with E-state index in [1.165, 1.54) is 11.3 Å². The number of nitrogens with zero attached hydrogens (tertiary/aromatic N) is 3. The van der Waals surface area contributed by atoms with Crippen molar-refractivity contribution in [1.82, 2.24) is 20.3 Å². The normalized spacial score (nSPS) is 12.6. The highest BCUT2D eigenvalue weighted by molar-refractivity contribution is 7.17. The number of thiophene rings is 1. The molecule has 0 aliphatic carbocycles. The highest BCUT2D eigenvalue weighted by atomic mass is 35.5. The molecule has 0 bridgehead atoms. The third-order valence-corrected chi connectivity index (χ3v) is 4.00. The van der Waals surface area contributed by atoms with E-state index in [4.69, 9.17) is 11.6 Å². The van der Waals surface area contributed by atoms with Crippen molar-refractivity contribution in [1.29, 1.82) is 0 Å². The summed E-state index contributed by atoms with van der Waals surface area (Å²) in [7, 11) is 0. The lowest BCUT2D eigenvalue weighted by Gasteiger charge is -2.21. The maximum Gasteiger partial charge on any atom is 0.261 e. The first-order chi connectivity index (χ1) is 9.06. The third-order valence-electron chi connectivity index (χ3n) is 2.77. The summed E-state index contributed by atoms with van der Waals surface area (Å²) in [6.45, 7) is 4.72. The molecule has 0 aromatic carbocycles. The molecule has 5 nitrogen and oxygen atoms in total. The lowest BCUT2D eigenvalue weighted by atomic mass is 10.0. The average Bonchev–Trinajstić information content (AvgIpc) is 2.99. The van der Waals surface area contributed by atoms with Crippen molar-refractivity contribution < 1.29 is 4.79 Å². The number of amides is 1. The molecule has 0 unspecified atom stereocenters. The minimum Gasteiger partial charge on any atom is -0.346 e. The summed E-state index contributed by atoms with van der Waals surface area (Å²) in [6.07, 6.45) is 3.40. The van der Waals surface area contributed by atoms with Crippen molar-refractivity contribution in [3.8, 4) is 0 Å². The van der Waals surface area contributed by atoms with Crippen LogP contribution in [0.4, 0.5) is 0 Å². The first-order valence-corrected chi connectivity index (χ1v) is 7.16. The van der Waals surface area contributed by atoms with E-state index in [1.807, 2.05) is 0 Å². The number of carbonyl (C=O) groups is 1. The molecular formula is C12H15ClN4OS. The molecule has 7 heteroatoms. The highest BCUT2D eigenvalue weighted by Gasteiger charge is 2.19. The van der Waals surface area contributed by atoms with Crippen LogP contribution in [0.25, 0.3) is 0 Å². The Labute approximate surface area is 120 Å². The molecule has 0 spiro atoms. The standard InChI is InChI=1S/C12H15ClN4OS/c1-8(2)9(7-17-6-5-14-16-17)15-12(18)10-3-4-11(13)19-10/h3-6,8-9H,7H2,1-2H3,(H,15,18)/t9-/m1/s1. The Bertz CT molecular complexity index is 538. The van der Waals surface area contributed by atoms with Gasteiger partial charge in [0.05, 0.1) is 28.0 Å². The van der Waals surface area contributed by atoms with Crippen LogP contribution in [-0.2, 0) is 6.54 Å². The van der Waals surface area contributed by atoms with E-state index in [0.29, 0.717) is 21.7 Å². The SMILES string of the molecule is CC(C)[C@@H](Cn1ccnn1)NC(=O)c1ccc(Cl)s1. The molecule has 0 fully saturated rings. The number of hydrogen-bond acceptors (Lipinski definition) is 4. The number of hydrogen-bond donors (Lipinski definition) is 1. The molecule has 2 rings (SSSR count). The number of carbonyl (C=O) groups excluding carboxylic acids is 1. The summed E-state index contributed by atoms with van der Waals surface area (Å²) in [4.78, 5) is 12.7. The Kier molecular flexibility index (Phi) is 4.55. The second kappa shape index (κ2) is 6.16. The Morgan fingerprint density at radius 1 is 1.53 bits per heavy atom. The molecule has 0 aliphatic heterocycles. The van der Waals surface area contributed by atoms with Crippen LogP contribution in [0.2, 0.25) is 4.34 Å². The largest absolute Gasteiger partial charge is 0.346 e. The Balaban J connectivity index is 2.02. The monoisotopic (exact) mass is 298 g/mol. The molecule has 1 atom stereocenters. The topological polar surface area (TPSA) is 59.8 Å². The van der Waals surface area contributed by atoms with Crippen molar-refractivity contribution in [3.05, 3.63) is 33.7 Å². The van der Waals surface area contributed by atoms with Gasteiger partial charge in [0.2, 0.25) is 0 Å². The van der Waals surface area contributed by atoms with Crippen molar-refractivity contribution in [2.45, 2.75) is 26.4 Å². The van der Waals surface area contributed by atoms with Gasteiger partial charge in [0.1, 0.15) is 0 Å². The molecule has 0 saturated heterocycles. The predicted molar refractivity (Wildman–Crippen MR) is 75.4 cm³/mol.